The topological polar surface area (TPSA) is 87.2 Å². The molecule has 1 aromatic rings. The summed E-state index contributed by atoms with van der Waals surface area (Å²) in [5.41, 5.74) is 0. The van der Waals surface area contributed by atoms with E-state index in [4.69, 9.17) is 9.88 Å². The minimum absolute atomic E-state index is 0.0379. The van der Waals surface area contributed by atoms with E-state index in [1.165, 1.54) is 6.20 Å². The Kier molecular flexibility index (Phi) is 2.00. The largest absolute Gasteiger partial charge is 0.477 e. The summed E-state index contributed by atoms with van der Waals surface area (Å²) in [7, 11) is -3.73. The normalized spacial score (nSPS) is 21.4. The number of primary sulfonamides is 1. The quantitative estimate of drug-likeness (QED) is 0.710. The van der Waals surface area contributed by atoms with Gasteiger partial charge in [-0.1, -0.05) is 0 Å². The van der Waals surface area contributed by atoms with Gasteiger partial charge >= 0.3 is 0 Å². The van der Waals surface area contributed by atoms with Crippen LogP contribution in [0.5, 0.6) is 5.88 Å². The zero-order valence-corrected chi connectivity index (χ0v) is 8.49. The molecule has 0 saturated heterocycles. The third-order valence-electron chi connectivity index (χ3n) is 2.22. The predicted molar refractivity (Wildman–Crippen MR) is 48.4 cm³/mol. The molecule has 0 radical (unpaired) electrons. The molecule has 7 heteroatoms. The molecular weight excluding hydrogens is 206 g/mol. The maximum absolute atomic E-state index is 11.1. The van der Waals surface area contributed by atoms with Gasteiger partial charge in [-0.25, -0.2) is 18.2 Å². The first-order valence-corrected chi connectivity index (χ1v) is 5.78. The second-order valence-corrected chi connectivity index (χ2v) is 4.82. The molecule has 0 aromatic carbocycles. The number of ether oxygens (including phenoxy) is 1. The van der Waals surface area contributed by atoms with Gasteiger partial charge in [-0.15, -0.1) is 0 Å². The fraction of sp³-hybridized carbons (Fsp3) is 0.571. The summed E-state index contributed by atoms with van der Waals surface area (Å²) in [5.74, 6) is 0.256. The molecule has 1 unspecified atom stereocenters. The third-order valence-corrected chi connectivity index (χ3v) is 3.11. The highest BCUT2D eigenvalue weighted by atomic mass is 32.2. The first kappa shape index (κ1) is 9.47. The van der Waals surface area contributed by atoms with Gasteiger partial charge in [0.2, 0.25) is 15.9 Å². The number of rotatable bonds is 1. The Morgan fingerprint density at radius 2 is 2.43 bits per heavy atom. The molecule has 0 fully saturated rings. The molecule has 0 amide bonds. The Balaban J connectivity index is 2.57. The molecule has 0 spiro atoms. The Morgan fingerprint density at radius 3 is 3.07 bits per heavy atom. The maximum Gasteiger partial charge on any atom is 0.245 e. The Bertz CT molecular complexity index is 451. The smallest absolute Gasteiger partial charge is 0.245 e. The number of aromatic nitrogens is 2. The van der Waals surface area contributed by atoms with Crippen molar-refractivity contribution >= 4 is 10.0 Å². The summed E-state index contributed by atoms with van der Waals surface area (Å²) in [6.45, 7) is 2.45. The molecule has 0 aliphatic carbocycles. The summed E-state index contributed by atoms with van der Waals surface area (Å²) in [6.07, 6.45) is 2.05. The van der Waals surface area contributed by atoms with Crippen molar-refractivity contribution in [3.05, 3.63) is 6.20 Å². The zero-order valence-electron chi connectivity index (χ0n) is 7.67. The standard InChI is InChI=1S/C7H11N3O3S/c1-5-2-3-13-7-6(14(8,11)12)4-9-10(5)7/h4-5H,2-3H2,1H3,(H2,8,11,12). The molecular formula is C7H11N3O3S. The van der Waals surface area contributed by atoms with E-state index in [-0.39, 0.29) is 16.8 Å². The van der Waals surface area contributed by atoms with Crippen molar-refractivity contribution < 1.29 is 13.2 Å². The molecule has 2 N–H and O–H groups in total. The monoisotopic (exact) mass is 217 g/mol. The van der Waals surface area contributed by atoms with Crippen LogP contribution in [0.15, 0.2) is 11.1 Å². The van der Waals surface area contributed by atoms with E-state index in [2.05, 4.69) is 5.10 Å². The lowest BCUT2D eigenvalue weighted by Crippen LogP contribution is -2.21. The number of hydrogen-bond donors (Lipinski definition) is 1. The summed E-state index contributed by atoms with van der Waals surface area (Å²) in [5, 5.41) is 8.95. The minimum Gasteiger partial charge on any atom is -0.477 e. The van der Waals surface area contributed by atoms with Crippen LogP contribution in [-0.2, 0) is 10.0 Å². The van der Waals surface area contributed by atoms with E-state index < -0.39 is 10.0 Å². The zero-order chi connectivity index (χ0) is 10.3. The molecule has 6 nitrogen and oxygen atoms in total. The van der Waals surface area contributed by atoms with Gasteiger partial charge in [0.25, 0.3) is 0 Å². The molecule has 1 aliphatic heterocycles. The number of hydrogen-bond acceptors (Lipinski definition) is 4. The summed E-state index contributed by atoms with van der Waals surface area (Å²) in [6, 6.07) is 0.147. The number of fused-ring (bicyclic) bond motifs is 1. The number of nitrogens with two attached hydrogens (primary N) is 1. The SMILES string of the molecule is CC1CCOc2c(S(N)(=O)=O)cnn21. The van der Waals surface area contributed by atoms with Crippen LogP contribution in [0.2, 0.25) is 0 Å². The van der Waals surface area contributed by atoms with Gasteiger partial charge in [-0.05, 0) is 6.92 Å². The molecule has 0 saturated carbocycles. The highest BCUT2D eigenvalue weighted by Gasteiger charge is 2.26. The van der Waals surface area contributed by atoms with Crippen LogP contribution in [0, 0.1) is 0 Å². The van der Waals surface area contributed by atoms with Crippen LogP contribution in [0.1, 0.15) is 19.4 Å². The van der Waals surface area contributed by atoms with Crippen LogP contribution < -0.4 is 9.88 Å². The van der Waals surface area contributed by atoms with Gasteiger partial charge in [0.15, 0.2) is 4.90 Å². The lowest BCUT2D eigenvalue weighted by atomic mass is 10.2. The fourth-order valence-corrected chi connectivity index (χ4v) is 2.02. The van der Waals surface area contributed by atoms with E-state index in [1.807, 2.05) is 6.92 Å². The van der Waals surface area contributed by atoms with Gasteiger partial charge in [-0.2, -0.15) is 5.10 Å². The van der Waals surface area contributed by atoms with Crippen molar-refractivity contribution in [2.45, 2.75) is 24.3 Å². The van der Waals surface area contributed by atoms with E-state index in [1.54, 1.807) is 4.68 Å². The van der Waals surface area contributed by atoms with Crippen LogP contribution in [0.4, 0.5) is 0 Å². The van der Waals surface area contributed by atoms with Crippen molar-refractivity contribution in [2.75, 3.05) is 6.61 Å². The van der Waals surface area contributed by atoms with Crippen molar-refractivity contribution in [1.29, 1.82) is 0 Å². The lowest BCUT2D eigenvalue weighted by Gasteiger charge is -2.21. The Hall–Kier alpha value is -1.08. The molecule has 78 valence electrons. The Labute approximate surface area is 81.7 Å². The lowest BCUT2D eigenvalue weighted by molar-refractivity contribution is 0.196. The van der Waals surface area contributed by atoms with Gasteiger partial charge in [0, 0.05) is 6.42 Å². The third kappa shape index (κ3) is 1.38. The van der Waals surface area contributed by atoms with Gasteiger partial charge in [-0.3, -0.25) is 0 Å². The van der Waals surface area contributed by atoms with Crippen molar-refractivity contribution in [3.8, 4) is 5.88 Å². The average Bonchev–Trinajstić information content (AvgIpc) is 2.47. The highest BCUT2D eigenvalue weighted by Crippen LogP contribution is 2.30. The van der Waals surface area contributed by atoms with Crippen LogP contribution >= 0.6 is 0 Å². The average molecular weight is 217 g/mol. The highest BCUT2D eigenvalue weighted by molar-refractivity contribution is 7.89. The summed E-state index contributed by atoms with van der Waals surface area (Å²) >= 11 is 0. The maximum atomic E-state index is 11.1. The van der Waals surface area contributed by atoms with Crippen molar-refractivity contribution in [2.24, 2.45) is 5.14 Å². The van der Waals surface area contributed by atoms with Gasteiger partial charge in [0.1, 0.15) is 0 Å². The van der Waals surface area contributed by atoms with Crippen LogP contribution in [0.3, 0.4) is 0 Å². The van der Waals surface area contributed by atoms with E-state index in [9.17, 15) is 8.42 Å². The molecule has 2 rings (SSSR count). The molecule has 1 aromatic heterocycles. The van der Waals surface area contributed by atoms with Crippen LogP contribution in [-0.4, -0.2) is 24.8 Å². The first-order valence-electron chi connectivity index (χ1n) is 4.23. The first-order chi connectivity index (χ1) is 6.50. The second-order valence-electron chi connectivity index (χ2n) is 3.29. The molecule has 14 heavy (non-hydrogen) atoms. The molecule has 1 aliphatic rings. The van der Waals surface area contributed by atoms with Crippen molar-refractivity contribution in [1.82, 2.24) is 9.78 Å². The molecule has 1 atom stereocenters. The molecule has 0 bridgehead atoms. The predicted octanol–water partition coefficient (Wildman–Crippen LogP) is -0.126. The Morgan fingerprint density at radius 1 is 1.71 bits per heavy atom. The number of sulfonamides is 1. The molecule has 2 heterocycles. The number of nitrogens with zero attached hydrogens (tertiary/aromatic N) is 2. The fourth-order valence-electron chi connectivity index (χ4n) is 1.43. The van der Waals surface area contributed by atoms with E-state index in [0.717, 1.165) is 6.42 Å². The van der Waals surface area contributed by atoms with Gasteiger partial charge < -0.3 is 4.74 Å². The van der Waals surface area contributed by atoms with E-state index in [0.29, 0.717) is 6.61 Å². The van der Waals surface area contributed by atoms with Crippen molar-refractivity contribution in [3.63, 3.8) is 0 Å². The van der Waals surface area contributed by atoms with Crippen LogP contribution in [0.25, 0.3) is 0 Å². The second kappa shape index (κ2) is 2.96. The minimum atomic E-state index is -3.73. The van der Waals surface area contributed by atoms with E-state index >= 15 is 0 Å². The summed E-state index contributed by atoms with van der Waals surface area (Å²) in [4.78, 5) is -0.0379. The summed E-state index contributed by atoms with van der Waals surface area (Å²) < 4.78 is 29.0. The van der Waals surface area contributed by atoms with Gasteiger partial charge in [0.05, 0.1) is 18.8 Å².